The van der Waals surface area contributed by atoms with Gasteiger partial charge in [-0.3, -0.25) is 0 Å². The van der Waals surface area contributed by atoms with Gasteiger partial charge in [-0.2, -0.15) is 0 Å². The molecule has 0 unspecified atom stereocenters. The highest BCUT2D eigenvalue weighted by molar-refractivity contribution is 5.44. The predicted molar refractivity (Wildman–Crippen MR) is 71.6 cm³/mol. The Bertz CT molecular complexity index is 366. The summed E-state index contributed by atoms with van der Waals surface area (Å²) in [5.74, 6) is 1.74. The van der Waals surface area contributed by atoms with Gasteiger partial charge in [0, 0.05) is 45.1 Å². The molecule has 18 heavy (non-hydrogen) atoms. The molecule has 0 bridgehead atoms. The van der Waals surface area contributed by atoms with Crippen molar-refractivity contribution in [3.05, 3.63) is 18.1 Å². The summed E-state index contributed by atoms with van der Waals surface area (Å²) in [6.45, 7) is 3.63. The molecule has 0 atom stereocenters. The third-order valence-corrected chi connectivity index (χ3v) is 3.37. The van der Waals surface area contributed by atoms with Crippen LogP contribution in [0, 0.1) is 5.92 Å². The molecule has 0 aliphatic carbocycles. The van der Waals surface area contributed by atoms with Gasteiger partial charge in [-0.05, 0) is 25.8 Å². The lowest BCUT2D eigenvalue weighted by Crippen LogP contribution is -2.31. The second kappa shape index (κ2) is 6.66. The molecule has 1 aromatic rings. The van der Waals surface area contributed by atoms with E-state index in [0.29, 0.717) is 5.92 Å². The smallest absolute Gasteiger partial charge is 0.136 e. The molecule has 2 heterocycles. The van der Waals surface area contributed by atoms with E-state index in [4.69, 9.17) is 4.74 Å². The van der Waals surface area contributed by atoms with Gasteiger partial charge in [0.25, 0.3) is 0 Å². The Labute approximate surface area is 109 Å². The lowest BCUT2D eigenvalue weighted by atomic mass is 10.00. The highest BCUT2D eigenvalue weighted by Gasteiger charge is 2.17. The Morgan fingerprint density at radius 3 is 2.94 bits per heavy atom. The molecule has 1 saturated heterocycles. The van der Waals surface area contributed by atoms with Crippen molar-refractivity contribution in [2.45, 2.75) is 19.4 Å². The predicted octanol–water partition coefficient (Wildman–Crippen LogP) is 1.06. The molecule has 0 saturated carbocycles. The Balaban J connectivity index is 2.00. The molecule has 1 aromatic heterocycles. The Morgan fingerprint density at radius 1 is 1.44 bits per heavy atom. The highest BCUT2D eigenvalue weighted by atomic mass is 16.5. The van der Waals surface area contributed by atoms with Crippen molar-refractivity contribution in [2.75, 3.05) is 38.8 Å². The van der Waals surface area contributed by atoms with Crippen LogP contribution in [-0.2, 0) is 11.3 Å². The van der Waals surface area contributed by atoms with Crippen LogP contribution in [-0.4, -0.2) is 43.8 Å². The van der Waals surface area contributed by atoms with E-state index in [1.165, 1.54) is 0 Å². The quantitative estimate of drug-likeness (QED) is 0.847. The molecule has 100 valence electrons. The fourth-order valence-electron chi connectivity index (χ4n) is 2.41. The minimum atomic E-state index is 0.709. The van der Waals surface area contributed by atoms with Crippen molar-refractivity contribution in [2.24, 2.45) is 5.92 Å². The van der Waals surface area contributed by atoms with Crippen LogP contribution in [0.25, 0.3) is 0 Å². The highest BCUT2D eigenvalue weighted by Crippen LogP contribution is 2.20. The summed E-state index contributed by atoms with van der Waals surface area (Å²) >= 11 is 0. The zero-order chi connectivity index (χ0) is 12.8. The first kappa shape index (κ1) is 13.2. The molecule has 5 nitrogen and oxygen atoms in total. The minimum absolute atomic E-state index is 0.709. The van der Waals surface area contributed by atoms with Gasteiger partial charge in [-0.1, -0.05) is 0 Å². The summed E-state index contributed by atoms with van der Waals surface area (Å²) in [6, 6.07) is 0. The number of hydrogen-bond donors (Lipinski definition) is 1. The Kier molecular flexibility index (Phi) is 4.90. The van der Waals surface area contributed by atoms with Gasteiger partial charge in [-0.15, -0.1) is 0 Å². The fraction of sp³-hybridized carbons (Fsp3) is 0.692. The van der Waals surface area contributed by atoms with E-state index in [9.17, 15) is 0 Å². The molecular weight excluding hydrogens is 228 g/mol. The molecule has 0 radical (unpaired) electrons. The van der Waals surface area contributed by atoms with Gasteiger partial charge in [0.1, 0.15) is 12.1 Å². The third kappa shape index (κ3) is 3.40. The van der Waals surface area contributed by atoms with E-state index in [1.807, 2.05) is 13.2 Å². The molecule has 0 aromatic carbocycles. The summed E-state index contributed by atoms with van der Waals surface area (Å²) in [7, 11) is 4.05. The van der Waals surface area contributed by atoms with E-state index in [0.717, 1.165) is 50.5 Å². The maximum absolute atomic E-state index is 5.40. The zero-order valence-corrected chi connectivity index (χ0v) is 11.2. The second-order valence-electron chi connectivity index (χ2n) is 4.84. The maximum atomic E-state index is 5.40. The van der Waals surface area contributed by atoms with Crippen molar-refractivity contribution in [1.82, 2.24) is 15.3 Å². The minimum Gasteiger partial charge on any atom is -0.381 e. The summed E-state index contributed by atoms with van der Waals surface area (Å²) in [5, 5.41) is 3.16. The first-order valence-corrected chi connectivity index (χ1v) is 6.53. The van der Waals surface area contributed by atoms with Crippen molar-refractivity contribution in [3.63, 3.8) is 0 Å². The Hall–Kier alpha value is -1.20. The van der Waals surface area contributed by atoms with E-state index >= 15 is 0 Å². The van der Waals surface area contributed by atoms with Crippen LogP contribution < -0.4 is 10.2 Å². The van der Waals surface area contributed by atoms with E-state index < -0.39 is 0 Å². The summed E-state index contributed by atoms with van der Waals surface area (Å²) < 4.78 is 5.40. The fourth-order valence-corrected chi connectivity index (χ4v) is 2.41. The van der Waals surface area contributed by atoms with E-state index in [2.05, 4.69) is 27.2 Å². The van der Waals surface area contributed by atoms with Crippen LogP contribution in [0.1, 0.15) is 18.4 Å². The first-order valence-electron chi connectivity index (χ1n) is 6.53. The van der Waals surface area contributed by atoms with Gasteiger partial charge in [0.2, 0.25) is 0 Å². The summed E-state index contributed by atoms with van der Waals surface area (Å²) in [6.07, 6.45) is 5.81. The van der Waals surface area contributed by atoms with Crippen LogP contribution in [0.2, 0.25) is 0 Å². The summed E-state index contributed by atoms with van der Waals surface area (Å²) in [5.41, 5.74) is 1.15. The van der Waals surface area contributed by atoms with Crippen LogP contribution in [0.4, 0.5) is 5.82 Å². The van der Waals surface area contributed by atoms with Crippen LogP contribution in [0.15, 0.2) is 12.5 Å². The van der Waals surface area contributed by atoms with Crippen molar-refractivity contribution in [3.8, 4) is 0 Å². The Morgan fingerprint density at radius 2 is 2.22 bits per heavy atom. The normalized spacial score (nSPS) is 16.8. The standard InChI is InChI=1S/C13H22N4O/c1-14-7-12-8-15-10-16-13(12)17(2)9-11-3-5-18-6-4-11/h8,10-11,14H,3-7,9H2,1-2H3. The SMILES string of the molecule is CNCc1cncnc1N(C)CC1CCOCC1. The van der Waals surface area contributed by atoms with Crippen molar-refractivity contribution in [1.29, 1.82) is 0 Å². The average Bonchev–Trinajstić information content (AvgIpc) is 2.41. The number of rotatable bonds is 5. The van der Waals surface area contributed by atoms with Crippen LogP contribution >= 0.6 is 0 Å². The molecule has 5 heteroatoms. The topological polar surface area (TPSA) is 50.3 Å². The van der Waals surface area contributed by atoms with Crippen LogP contribution in [0.3, 0.4) is 0 Å². The molecule has 1 N–H and O–H groups in total. The number of anilines is 1. The van der Waals surface area contributed by atoms with Crippen molar-refractivity contribution < 1.29 is 4.74 Å². The van der Waals surface area contributed by atoms with E-state index in [1.54, 1.807) is 6.33 Å². The number of nitrogens with one attached hydrogen (secondary N) is 1. The maximum Gasteiger partial charge on any atom is 0.136 e. The summed E-state index contributed by atoms with van der Waals surface area (Å²) in [4.78, 5) is 10.7. The number of nitrogens with zero attached hydrogens (tertiary/aromatic N) is 3. The van der Waals surface area contributed by atoms with Gasteiger partial charge < -0.3 is 15.0 Å². The monoisotopic (exact) mass is 250 g/mol. The molecule has 0 spiro atoms. The molecule has 1 aliphatic heterocycles. The van der Waals surface area contributed by atoms with Gasteiger partial charge in [0.15, 0.2) is 0 Å². The number of aromatic nitrogens is 2. The number of ether oxygens (including phenoxy) is 1. The molecule has 2 rings (SSSR count). The zero-order valence-electron chi connectivity index (χ0n) is 11.2. The van der Waals surface area contributed by atoms with Gasteiger partial charge in [-0.25, -0.2) is 9.97 Å². The molecule has 0 amide bonds. The lowest BCUT2D eigenvalue weighted by Gasteiger charge is -2.28. The molecule has 1 aliphatic rings. The largest absolute Gasteiger partial charge is 0.381 e. The van der Waals surface area contributed by atoms with Crippen LogP contribution in [0.5, 0.6) is 0 Å². The molecule has 1 fully saturated rings. The first-order chi connectivity index (χ1) is 8.81. The average molecular weight is 250 g/mol. The van der Waals surface area contributed by atoms with E-state index in [-0.39, 0.29) is 0 Å². The van der Waals surface area contributed by atoms with Gasteiger partial charge in [0.05, 0.1) is 0 Å². The lowest BCUT2D eigenvalue weighted by molar-refractivity contribution is 0.0685. The van der Waals surface area contributed by atoms with Crippen molar-refractivity contribution >= 4 is 5.82 Å². The van der Waals surface area contributed by atoms with Gasteiger partial charge >= 0.3 is 0 Å². The second-order valence-corrected chi connectivity index (χ2v) is 4.84. The molecular formula is C13H22N4O. The number of hydrogen-bond acceptors (Lipinski definition) is 5. The third-order valence-electron chi connectivity index (χ3n) is 3.37.